The van der Waals surface area contributed by atoms with Gasteiger partial charge in [-0.25, -0.2) is 4.39 Å². The quantitative estimate of drug-likeness (QED) is 0.665. The number of benzene rings is 2. The molecule has 0 fully saturated rings. The second-order valence-electron chi connectivity index (χ2n) is 3.83. The summed E-state index contributed by atoms with van der Waals surface area (Å²) in [5.41, 5.74) is 5.87. The summed E-state index contributed by atoms with van der Waals surface area (Å²) in [7, 11) is 1.61. The van der Waals surface area contributed by atoms with Crippen LogP contribution in [0, 0.1) is 11.2 Å². The Hall–Kier alpha value is -2.01. The normalized spacial score (nSPS) is 10.2. The summed E-state index contributed by atoms with van der Waals surface area (Å²) in [6, 6.07) is 11.7. The minimum absolute atomic E-state index is 0.143. The van der Waals surface area contributed by atoms with Crippen molar-refractivity contribution in [2.75, 3.05) is 7.11 Å². The molecular formula is C14H13FN2OS. The lowest BCUT2D eigenvalue weighted by Gasteiger charge is -2.08. The van der Waals surface area contributed by atoms with Crippen molar-refractivity contribution in [2.24, 2.45) is 5.73 Å². The Morgan fingerprint density at radius 1 is 1.21 bits per heavy atom. The van der Waals surface area contributed by atoms with Gasteiger partial charge in [0.05, 0.1) is 7.11 Å². The average molecular weight is 276 g/mol. The van der Waals surface area contributed by atoms with E-state index in [1.165, 1.54) is 23.9 Å². The summed E-state index contributed by atoms with van der Waals surface area (Å²) in [4.78, 5) is 1.72. The Labute approximate surface area is 115 Å². The Morgan fingerprint density at radius 3 is 2.47 bits per heavy atom. The molecule has 0 aromatic heterocycles. The van der Waals surface area contributed by atoms with Crippen LogP contribution in [0.2, 0.25) is 0 Å². The zero-order valence-corrected chi connectivity index (χ0v) is 11.1. The highest BCUT2D eigenvalue weighted by Crippen LogP contribution is 2.31. The van der Waals surface area contributed by atoms with E-state index in [4.69, 9.17) is 15.9 Å². The number of halogens is 1. The number of nitrogen functional groups attached to an aromatic ring is 1. The van der Waals surface area contributed by atoms with Crippen LogP contribution in [0.1, 0.15) is 5.56 Å². The molecule has 0 saturated carbocycles. The van der Waals surface area contributed by atoms with Crippen molar-refractivity contribution in [2.45, 2.75) is 9.79 Å². The summed E-state index contributed by atoms with van der Waals surface area (Å²) in [6.45, 7) is 0. The molecule has 0 atom stereocenters. The van der Waals surface area contributed by atoms with Gasteiger partial charge >= 0.3 is 0 Å². The number of ether oxygens (including phenoxy) is 1. The number of hydrogen-bond acceptors (Lipinski definition) is 3. The molecule has 2 rings (SSSR count). The maximum atomic E-state index is 13.2. The predicted molar refractivity (Wildman–Crippen MR) is 74.5 cm³/mol. The van der Waals surface area contributed by atoms with E-state index in [1.807, 2.05) is 24.3 Å². The maximum Gasteiger partial charge on any atom is 0.124 e. The molecule has 0 saturated heterocycles. The van der Waals surface area contributed by atoms with E-state index in [9.17, 15) is 4.39 Å². The molecule has 0 heterocycles. The Morgan fingerprint density at radius 2 is 1.89 bits per heavy atom. The SMILES string of the molecule is COc1ccc(Sc2ccc(F)cc2C(=N)N)cc1. The zero-order valence-electron chi connectivity index (χ0n) is 10.3. The van der Waals surface area contributed by atoms with Crippen molar-refractivity contribution in [3.05, 3.63) is 53.8 Å². The first-order valence-corrected chi connectivity index (χ1v) is 6.37. The lowest BCUT2D eigenvalue weighted by molar-refractivity contribution is 0.414. The lowest BCUT2D eigenvalue weighted by Crippen LogP contribution is -2.12. The van der Waals surface area contributed by atoms with E-state index in [-0.39, 0.29) is 5.84 Å². The van der Waals surface area contributed by atoms with Crippen LogP contribution in [0.5, 0.6) is 5.75 Å². The molecule has 0 radical (unpaired) electrons. The van der Waals surface area contributed by atoms with Crippen LogP contribution >= 0.6 is 11.8 Å². The third-order valence-electron chi connectivity index (χ3n) is 2.52. The van der Waals surface area contributed by atoms with Crippen LogP contribution in [-0.2, 0) is 0 Å². The molecule has 0 amide bonds. The summed E-state index contributed by atoms with van der Waals surface area (Å²) in [6.07, 6.45) is 0. The molecule has 3 N–H and O–H groups in total. The van der Waals surface area contributed by atoms with E-state index in [2.05, 4.69) is 0 Å². The largest absolute Gasteiger partial charge is 0.497 e. The van der Waals surface area contributed by atoms with Gasteiger partial charge in [-0.1, -0.05) is 11.8 Å². The molecule has 98 valence electrons. The topological polar surface area (TPSA) is 59.1 Å². The van der Waals surface area contributed by atoms with Crippen LogP contribution < -0.4 is 10.5 Å². The lowest BCUT2D eigenvalue weighted by atomic mass is 10.2. The van der Waals surface area contributed by atoms with Crippen molar-refractivity contribution in [1.82, 2.24) is 0 Å². The standard InChI is InChI=1S/C14H13FN2OS/c1-18-10-3-5-11(6-4-10)19-13-7-2-9(15)8-12(13)14(16)17/h2-8H,1H3,(H3,16,17). The van der Waals surface area contributed by atoms with Gasteiger partial charge < -0.3 is 10.5 Å². The van der Waals surface area contributed by atoms with Gasteiger partial charge in [-0.15, -0.1) is 0 Å². The molecule has 0 aliphatic heterocycles. The molecule has 2 aromatic carbocycles. The first-order chi connectivity index (χ1) is 9.10. The molecule has 3 nitrogen and oxygen atoms in total. The highest BCUT2D eigenvalue weighted by Gasteiger charge is 2.08. The van der Waals surface area contributed by atoms with Gasteiger partial charge in [-0.2, -0.15) is 0 Å². The minimum Gasteiger partial charge on any atom is -0.497 e. The third kappa shape index (κ3) is 3.26. The monoisotopic (exact) mass is 276 g/mol. The second-order valence-corrected chi connectivity index (χ2v) is 4.95. The molecule has 0 aliphatic rings. The highest BCUT2D eigenvalue weighted by atomic mass is 32.2. The van der Waals surface area contributed by atoms with Gasteiger partial charge in [-0.3, -0.25) is 5.41 Å². The molecule has 2 aromatic rings. The van der Waals surface area contributed by atoms with E-state index >= 15 is 0 Å². The van der Waals surface area contributed by atoms with Gasteiger partial charge in [0.2, 0.25) is 0 Å². The van der Waals surface area contributed by atoms with Crippen molar-refractivity contribution in [1.29, 1.82) is 5.41 Å². The van der Waals surface area contributed by atoms with Crippen molar-refractivity contribution < 1.29 is 9.13 Å². The van der Waals surface area contributed by atoms with Gasteiger partial charge in [0.25, 0.3) is 0 Å². The average Bonchev–Trinajstić information content (AvgIpc) is 2.41. The van der Waals surface area contributed by atoms with E-state index in [0.29, 0.717) is 5.56 Å². The molecule has 0 aliphatic carbocycles. The number of hydrogen-bond donors (Lipinski definition) is 2. The Kier molecular flexibility index (Phi) is 4.06. The van der Waals surface area contributed by atoms with Crippen LogP contribution in [0.15, 0.2) is 52.3 Å². The molecule has 0 bridgehead atoms. The zero-order chi connectivity index (χ0) is 13.8. The number of nitrogens with two attached hydrogens (primary N) is 1. The summed E-state index contributed by atoms with van der Waals surface area (Å²) in [5, 5.41) is 7.48. The molecule has 0 spiro atoms. The number of amidine groups is 1. The summed E-state index contributed by atoms with van der Waals surface area (Å²) in [5.74, 6) is 0.232. The van der Waals surface area contributed by atoms with Crippen molar-refractivity contribution >= 4 is 17.6 Å². The van der Waals surface area contributed by atoms with Crippen LogP contribution in [-0.4, -0.2) is 12.9 Å². The van der Waals surface area contributed by atoms with Crippen molar-refractivity contribution in [3.63, 3.8) is 0 Å². The van der Waals surface area contributed by atoms with Gasteiger partial charge in [-0.05, 0) is 42.5 Å². The summed E-state index contributed by atoms with van der Waals surface area (Å²) >= 11 is 1.43. The molecule has 0 unspecified atom stereocenters. The van der Waals surface area contributed by atoms with Crippen molar-refractivity contribution in [3.8, 4) is 5.75 Å². The van der Waals surface area contributed by atoms with E-state index in [1.54, 1.807) is 13.2 Å². The maximum absolute atomic E-state index is 13.2. The molecule has 5 heteroatoms. The number of rotatable bonds is 4. The van der Waals surface area contributed by atoms with Gasteiger partial charge in [0, 0.05) is 15.4 Å². The van der Waals surface area contributed by atoms with Crippen LogP contribution in [0.3, 0.4) is 0 Å². The Bertz CT molecular complexity index is 599. The Balaban J connectivity index is 2.29. The molecular weight excluding hydrogens is 263 g/mol. The fourth-order valence-electron chi connectivity index (χ4n) is 1.57. The fourth-order valence-corrected chi connectivity index (χ4v) is 2.51. The smallest absolute Gasteiger partial charge is 0.124 e. The third-order valence-corrected chi connectivity index (χ3v) is 3.60. The minimum atomic E-state index is -0.399. The fraction of sp³-hybridized carbons (Fsp3) is 0.0714. The van der Waals surface area contributed by atoms with Crippen LogP contribution in [0.25, 0.3) is 0 Å². The number of nitrogens with one attached hydrogen (secondary N) is 1. The van der Waals surface area contributed by atoms with E-state index in [0.717, 1.165) is 15.5 Å². The van der Waals surface area contributed by atoms with E-state index < -0.39 is 5.82 Å². The first-order valence-electron chi connectivity index (χ1n) is 5.56. The number of methoxy groups -OCH3 is 1. The van der Waals surface area contributed by atoms with Gasteiger partial charge in [0.15, 0.2) is 0 Å². The van der Waals surface area contributed by atoms with Gasteiger partial charge in [0.1, 0.15) is 17.4 Å². The summed E-state index contributed by atoms with van der Waals surface area (Å²) < 4.78 is 18.3. The predicted octanol–water partition coefficient (Wildman–Crippen LogP) is 3.27. The molecule has 19 heavy (non-hydrogen) atoms. The highest BCUT2D eigenvalue weighted by molar-refractivity contribution is 7.99. The first kappa shape index (κ1) is 13.4. The van der Waals surface area contributed by atoms with Crippen LogP contribution in [0.4, 0.5) is 4.39 Å². The second kappa shape index (κ2) is 5.75.